The number of aliphatic imine (C=N–C) groups is 3. The summed E-state index contributed by atoms with van der Waals surface area (Å²) in [5, 5.41) is 142. The number of phosphoric ester groups is 1. The van der Waals surface area contributed by atoms with E-state index in [0.717, 1.165) is 11.1 Å². The molecule has 0 aromatic heterocycles. The molecule has 127 heavy (non-hydrogen) atoms. The SMILES string of the molecule is CC1=C2N=C(C=C3N=C(C(C)=C4[N-]C(C)([C@H]5N=C1C(C)(CCC(=O)NCC(C)OP(=O)([O-])OC1C(O)C(N6C[N-]c7cc(C)c(C)cc76)O[C@@H]1CO)[C@H]5CC(N)=O)C(C)(CC(N)=O)C4CCC(=O)O)C(C)(CC(N)=O)C3CCC(N)=O)C(C)(C)C2CCC(N)=O.NCCS(=O)(=O)O.[C-]#N.[CH2-][C@@H](C(=O)[O-])[C@@H](O)[C@H](O)[C@H](O)CO.[CH2-][C@@H](C(=O)[O-])[C@@H](O)[C@H](O)[C@H](O)CO.[Co+3].[Zn+2]. The van der Waals surface area contributed by atoms with E-state index >= 15 is 0 Å². The number of phosphoric acid groups is 1. The minimum absolute atomic E-state index is 0. The van der Waals surface area contributed by atoms with Crippen LogP contribution in [0.4, 0.5) is 11.4 Å². The number of aliphatic hydroxyl groups excluding tert-OH is 10. The number of allylic oxidation sites excluding steroid dienone is 6. The van der Waals surface area contributed by atoms with Crippen LogP contribution in [-0.4, -0.2) is 264 Å². The number of nitrogens with zero attached hydrogens (tertiary/aromatic N) is 7. The van der Waals surface area contributed by atoms with Crippen LogP contribution in [0.3, 0.4) is 0 Å². The summed E-state index contributed by atoms with van der Waals surface area (Å²) in [5.41, 5.74) is 35.3. The van der Waals surface area contributed by atoms with E-state index in [4.69, 9.17) is 126 Å². The van der Waals surface area contributed by atoms with Gasteiger partial charge in [-0.25, -0.2) is 0 Å². The van der Waals surface area contributed by atoms with E-state index in [2.05, 4.69) is 24.5 Å². The third kappa shape index (κ3) is 27.9. The van der Waals surface area contributed by atoms with Crippen molar-refractivity contribution in [1.29, 1.82) is 5.26 Å². The van der Waals surface area contributed by atoms with Crippen LogP contribution < -0.4 is 59.7 Å². The number of aliphatic carboxylic acids is 3. The number of aryl methyl sites for hydroxylation is 2. The number of carboxylic acid groups (broad SMARTS) is 3. The molecule has 1 aromatic carbocycles. The molecule has 48 heteroatoms. The Morgan fingerprint density at radius 2 is 1.26 bits per heavy atom. The molecule has 12 unspecified atom stereocenters. The normalized spacial score (nSPS) is 27.9. The van der Waals surface area contributed by atoms with Crippen LogP contribution in [0, 0.1) is 96.7 Å². The van der Waals surface area contributed by atoms with Crippen molar-refractivity contribution in [2.24, 2.45) is 107 Å². The molecule has 7 aliphatic rings. The van der Waals surface area contributed by atoms with Gasteiger partial charge >= 0.3 is 42.2 Å². The third-order valence-electron chi connectivity index (χ3n) is 24.3. The zero-order valence-corrected chi connectivity index (χ0v) is 78.2. The summed E-state index contributed by atoms with van der Waals surface area (Å²) >= 11 is 0. The monoisotopic (exact) mass is 1930 g/mol. The number of carbonyl (C=O) groups is 9. The van der Waals surface area contributed by atoms with Gasteiger partial charge in [-0.1, -0.05) is 71.7 Å². The van der Waals surface area contributed by atoms with Crippen molar-refractivity contribution in [3.05, 3.63) is 88.6 Å². The number of carbonyl (C=O) groups excluding carboxylic acids is 8. The fourth-order valence-electron chi connectivity index (χ4n) is 17.0. The molecule has 8 bridgehead atoms. The molecular weight excluding hydrogens is 1810 g/mol. The number of amides is 6. The number of carboxylic acids is 3. The quantitative estimate of drug-likeness (QED) is 0.0129. The molecule has 2 saturated heterocycles. The van der Waals surface area contributed by atoms with Crippen LogP contribution in [-0.2, 0) is 108 Å². The molecule has 0 radical (unpaired) electrons. The fourth-order valence-corrected chi connectivity index (χ4v) is 18.4. The molecule has 44 nitrogen and oxygen atoms in total. The number of benzene rings is 1. The molecule has 23 atom stereocenters. The van der Waals surface area contributed by atoms with Gasteiger partial charge in [0.15, 0.2) is 6.23 Å². The number of nitrogens with two attached hydrogens (primary N) is 6. The smallest absolute Gasteiger partial charge is 0.756 e. The van der Waals surface area contributed by atoms with Gasteiger partial charge in [-0.15, -0.1) is 5.69 Å². The van der Waals surface area contributed by atoms with E-state index < -0.39 is 227 Å². The first-order valence-corrected chi connectivity index (χ1v) is 42.8. The van der Waals surface area contributed by atoms with Crippen LogP contribution in [0.5, 0.6) is 0 Å². The molecule has 6 amide bonds. The van der Waals surface area contributed by atoms with Crippen molar-refractivity contribution in [3.63, 3.8) is 0 Å². The molecule has 0 saturated carbocycles. The number of aliphatic hydroxyl groups is 10. The molecular formula is C79H119CoN14O30PSZn-3. The topological polar surface area (TPSA) is 805 Å². The average molecular weight is 1930 g/mol. The summed E-state index contributed by atoms with van der Waals surface area (Å²) in [4.78, 5) is 145. The summed E-state index contributed by atoms with van der Waals surface area (Å²) < 4.78 is 57.7. The first-order chi connectivity index (χ1) is 57.7. The van der Waals surface area contributed by atoms with Gasteiger partial charge in [-0.3, -0.25) is 57.7 Å². The largest absolute Gasteiger partial charge is 3.00 e. The van der Waals surface area contributed by atoms with Crippen molar-refractivity contribution in [2.75, 3.05) is 50.2 Å². The number of rotatable bonds is 38. The predicted octanol–water partition coefficient (Wildman–Crippen LogP) is -4.38. The number of fused-ring (bicyclic) bond motifs is 7. The van der Waals surface area contributed by atoms with Gasteiger partial charge < -0.3 is 176 Å². The molecule has 25 N–H and O–H groups in total. The molecule has 7 aliphatic heterocycles. The number of hydrogen-bond acceptors (Lipinski definition) is 34. The van der Waals surface area contributed by atoms with Crippen molar-refractivity contribution in [1.82, 2.24) is 5.32 Å². The van der Waals surface area contributed by atoms with Crippen LogP contribution in [0.1, 0.15) is 144 Å². The molecule has 1 aromatic rings. The van der Waals surface area contributed by atoms with Gasteiger partial charge in [0.1, 0.15) is 42.7 Å². The predicted molar refractivity (Wildman–Crippen MR) is 440 cm³/mol. The van der Waals surface area contributed by atoms with Gasteiger partial charge in [-0.2, -0.15) is 14.1 Å². The van der Waals surface area contributed by atoms with E-state index in [0.29, 0.717) is 56.7 Å². The second-order valence-corrected chi connectivity index (χ2v) is 36.3. The molecule has 7 heterocycles. The summed E-state index contributed by atoms with van der Waals surface area (Å²) in [6.07, 6.45) is -16.9. The molecule has 710 valence electrons. The summed E-state index contributed by atoms with van der Waals surface area (Å²) in [6.45, 7) is 28.1. The van der Waals surface area contributed by atoms with Crippen LogP contribution >= 0.6 is 7.82 Å². The number of anilines is 1. The minimum atomic E-state index is -5.32. The van der Waals surface area contributed by atoms with Crippen LogP contribution in [0.25, 0.3) is 10.6 Å². The van der Waals surface area contributed by atoms with Gasteiger partial charge in [0, 0.05) is 138 Å². The average Bonchev–Trinajstić information content (AvgIpc) is 1.52. The van der Waals surface area contributed by atoms with Gasteiger partial charge in [0.2, 0.25) is 35.4 Å². The first kappa shape index (κ1) is 115. The first-order valence-electron chi connectivity index (χ1n) is 39.7. The minimum Gasteiger partial charge on any atom is -0.756 e. The van der Waals surface area contributed by atoms with Crippen molar-refractivity contribution in [2.45, 2.75) is 226 Å². The summed E-state index contributed by atoms with van der Waals surface area (Å²) in [5.74, 6) is -14.9. The molecule has 0 spiro atoms. The maximum absolute atomic E-state index is 14.3. The van der Waals surface area contributed by atoms with Crippen LogP contribution in [0.2, 0.25) is 0 Å². The summed E-state index contributed by atoms with van der Waals surface area (Å²) in [6, 6.07) is 2.68. The van der Waals surface area contributed by atoms with E-state index in [1.165, 1.54) is 6.92 Å². The van der Waals surface area contributed by atoms with Gasteiger partial charge in [-0.05, 0) is 112 Å². The Morgan fingerprint density at radius 1 is 0.748 bits per heavy atom. The number of primary amides is 5. The maximum atomic E-state index is 14.3. The zero-order valence-electron chi connectivity index (χ0n) is 72.5. The van der Waals surface area contributed by atoms with E-state index in [1.54, 1.807) is 32.6 Å². The molecule has 2 fully saturated rings. The number of hydrogen-bond donors (Lipinski definition) is 19. The third-order valence-corrected chi connectivity index (χ3v) is 26.1. The van der Waals surface area contributed by atoms with Gasteiger partial charge in [0.05, 0.1) is 43.9 Å². The second-order valence-electron chi connectivity index (χ2n) is 33.4. The Morgan fingerprint density at radius 3 is 1.72 bits per heavy atom. The van der Waals surface area contributed by atoms with E-state index in [9.17, 15) is 86.6 Å². The van der Waals surface area contributed by atoms with Crippen molar-refractivity contribution < 1.29 is 182 Å². The van der Waals surface area contributed by atoms with E-state index in [-0.39, 0.29) is 132 Å². The Hall–Kier alpha value is -7.76. The zero-order chi connectivity index (χ0) is 95.8. The Labute approximate surface area is 759 Å². The second kappa shape index (κ2) is 47.9. The Kier molecular flexibility index (Phi) is 43.5. The fraction of sp³-hybridized carbons (Fsp3) is 0.658. The summed E-state index contributed by atoms with van der Waals surface area (Å²) in [7, 11) is -9.11. The number of ether oxygens (including phenoxy) is 1. The Bertz CT molecular complexity index is 4470. The standard InChI is InChI=1S/C62H90N12O15P.2C7H13O6.C2H7NO3S.CN.Co.Zn/c1-29-20-39-40(21-30(29)2)74(28-69-39)57-52(84)53(41(27-75)87-57)89-90(85,86)88-31(3)26-68-48(81)18-19-59(8)37(22-45(65)78)56-62(11)61(10,25-47(67)80)36(14-17-49(82)83)51(73-62)33(5)55-60(9,24-46(66)79)34(12-15-43(63)76)38(70-55)23-42-58(6,7)35(13-16-44(64)77)50(71-42)32(4)54(59)72-56;2*1-3(7(12)13)5(10)6(11)4(9)2-8;3-1-2-7(4,5)6;1-2;;/h20-21,23,31,34-37,41,52-53,56-57,75,84H,12-19,22,24-28H2,1-11H3,(H14,63,64,65,66,67,68,70,71,72,73,76,77,78,79,80,81,82,83,85,86);2*3-6,8-11H,1-2H2,(H,12,13);1-3H2,(H,4,5,6);;;/q3*-1;;-1;+3;+2/p-4/t31?,34?,35?,36?,37-,41+,52?,53?,56-,57?,59?,60?,61?,62?;2*3-,4-,5-,6-;;;;/m011..../s1. The van der Waals surface area contributed by atoms with Crippen molar-refractivity contribution in [3.8, 4) is 0 Å². The van der Waals surface area contributed by atoms with Crippen LogP contribution in [0.15, 0.2) is 61.4 Å². The molecule has 0 aliphatic carbocycles. The molecule has 8 rings (SSSR count). The Balaban J connectivity index is 0.00000123. The van der Waals surface area contributed by atoms with E-state index in [1.807, 2.05) is 59.8 Å². The maximum Gasteiger partial charge on any atom is 3.00 e. The van der Waals surface area contributed by atoms with Crippen molar-refractivity contribution >= 4 is 99.8 Å². The number of nitrogens with one attached hydrogen (secondary N) is 1. The van der Waals surface area contributed by atoms with Gasteiger partial charge in [0.25, 0.3) is 17.9 Å².